The third-order valence-electron chi connectivity index (χ3n) is 5.72. The predicted molar refractivity (Wildman–Crippen MR) is 131 cm³/mol. The van der Waals surface area contributed by atoms with Crippen molar-refractivity contribution in [3.63, 3.8) is 0 Å². The highest BCUT2D eigenvalue weighted by atomic mass is 16.6. The van der Waals surface area contributed by atoms with Crippen LogP contribution in [0, 0.1) is 0 Å². The Labute approximate surface area is 202 Å². The molecule has 4 amide bonds. The van der Waals surface area contributed by atoms with Crippen LogP contribution >= 0.6 is 0 Å². The molecular formula is C26H24N4O5. The summed E-state index contributed by atoms with van der Waals surface area (Å²) in [6.07, 6.45) is 0.269. The Bertz CT molecular complexity index is 1260. The zero-order valence-corrected chi connectivity index (χ0v) is 18.8. The number of benzene rings is 3. The lowest BCUT2D eigenvalue weighted by Gasteiger charge is -2.30. The zero-order chi connectivity index (χ0) is 24.2. The average Bonchev–Trinajstić information content (AvgIpc) is 2.88. The van der Waals surface area contributed by atoms with Gasteiger partial charge in [-0.25, -0.2) is 4.79 Å². The standard InChI is InChI=1S/C26H24N4O5/c31-24-16-30(21-9-5-4-8-19(21)28-24)26(33)29-20(14-17-6-2-1-3-7-17)25(32)27-18-10-11-22-23(15-18)35-13-12-34-22/h1-11,15,20H,12-14,16H2,(H,27,32)(H,28,31)(H,29,33). The number of rotatable bonds is 5. The molecule has 0 saturated carbocycles. The number of carbonyl (C=O) groups excluding carboxylic acids is 3. The van der Waals surface area contributed by atoms with E-state index in [4.69, 9.17) is 9.47 Å². The van der Waals surface area contributed by atoms with Crippen LogP contribution in [0.3, 0.4) is 0 Å². The lowest BCUT2D eigenvalue weighted by atomic mass is 10.1. The summed E-state index contributed by atoms with van der Waals surface area (Å²) in [6.45, 7) is 0.758. The lowest BCUT2D eigenvalue weighted by Crippen LogP contribution is -2.53. The molecule has 35 heavy (non-hydrogen) atoms. The highest BCUT2D eigenvalue weighted by Crippen LogP contribution is 2.33. The minimum atomic E-state index is -0.893. The molecule has 0 aromatic heterocycles. The van der Waals surface area contributed by atoms with Crippen LogP contribution in [0.2, 0.25) is 0 Å². The van der Waals surface area contributed by atoms with Gasteiger partial charge in [0.2, 0.25) is 11.8 Å². The third kappa shape index (κ3) is 5.03. The Balaban J connectivity index is 1.37. The number of hydrogen-bond acceptors (Lipinski definition) is 5. The summed E-state index contributed by atoms with van der Waals surface area (Å²) in [5.41, 5.74) is 2.51. The maximum Gasteiger partial charge on any atom is 0.323 e. The second kappa shape index (κ2) is 9.76. The Morgan fingerprint density at radius 1 is 0.943 bits per heavy atom. The molecule has 0 aliphatic carbocycles. The van der Waals surface area contributed by atoms with Gasteiger partial charge in [-0.15, -0.1) is 0 Å². The maximum atomic E-state index is 13.3. The van der Waals surface area contributed by atoms with Gasteiger partial charge < -0.3 is 25.4 Å². The SMILES string of the molecule is O=C1CN(C(=O)NC(Cc2ccccc2)C(=O)Nc2ccc3c(c2)OCCO3)c2ccccc2N1. The van der Waals surface area contributed by atoms with E-state index in [0.717, 1.165) is 5.56 Å². The Morgan fingerprint density at radius 3 is 2.51 bits per heavy atom. The van der Waals surface area contributed by atoms with Gasteiger partial charge in [0.15, 0.2) is 11.5 Å². The van der Waals surface area contributed by atoms with Crippen LogP contribution in [-0.4, -0.2) is 43.6 Å². The molecule has 0 radical (unpaired) electrons. The summed E-state index contributed by atoms with van der Waals surface area (Å²) in [5, 5.41) is 8.44. The zero-order valence-electron chi connectivity index (χ0n) is 18.8. The number of amides is 4. The molecule has 3 aromatic rings. The molecule has 0 bridgehead atoms. The molecule has 2 aliphatic rings. The monoisotopic (exact) mass is 472 g/mol. The van der Waals surface area contributed by atoms with E-state index in [9.17, 15) is 14.4 Å². The van der Waals surface area contributed by atoms with E-state index >= 15 is 0 Å². The first-order valence-electron chi connectivity index (χ1n) is 11.3. The van der Waals surface area contributed by atoms with Crippen molar-refractivity contribution < 1.29 is 23.9 Å². The van der Waals surface area contributed by atoms with Crippen molar-refractivity contribution in [3.8, 4) is 11.5 Å². The Hall–Kier alpha value is -4.53. The summed E-state index contributed by atoms with van der Waals surface area (Å²) in [4.78, 5) is 40.1. The molecule has 2 heterocycles. The van der Waals surface area contributed by atoms with Crippen LogP contribution in [0.25, 0.3) is 0 Å². The number of ether oxygens (including phenoxy) is 2. The summed E-state index contributed by atoms with van der Waals surface area (Å²) in [7, 11) is 0. The number of para-hydroxylation sites is 2. The van der Waals surface area contributed by atoms with E-state index in [-0.39, 0.29) is 18.9 Å². The lowest BCUT2D eigenvalue weighted by molar-refractivity contribution is -0.118. The molecule has 0 spiro atoms. The normalized spacial score (nSPS) is 14.9. The van der Waals surface area contributed by atoms with Crippen molar-refractivity contribution >= 4 is 34.9 Å². The van der Waals surface area contributed by atoms with Gasteiger partial charge in [0.05, 0.1) is 11.4 Å². The maximum absolute atomic E-state index is 13.3. The molecule has 2 aliphatic heterocycles. The van der Waals surface area contributed by atoms with Crippen molar-refractivity contribution in [1.82, 2.24) is 5.32 Å². The van der Waals surface area contributed by atoms with Crippen LogP contribution in [0.1, 0.15) is 5.56 Å². The molecule has 9 nitrogen and oxygen atoms in total. The topological polar surface area (TPSA) is 109 Å². The molecule has 5 rings (SSSR count). The fraction of sp³-hybridized carbons (Fsp3) is 0.192. The first-order chi connectivity index (χ1) is 17.1. The van der Waals surface area contributed by atoms with E-state index in [1.54, 1.807) is 42.5 Å². The van der Waals surface area contributed by atoms with Gasteiger partial charge in [-0.3, -0.25) is 14.5 Å². The molecule has 0 fully saturated rings. The summed E-state index contributed by atoms with van der Waals surface area (Å²) in [6, 6.07) is 20.2. The molecule has 3 N–H and O–H groups in total. The van der Waals surface area contributed by atoms with Crippen LogP contribution in [0.5, 0.6) is 11.5 Å². The number of anilines is 3. The second-order valence-corrected chi connectivity index (χ2v) is 8.19. The second-order valence-electron chi connectivity index (χ2n) is 8.19. The molecule has 178 valence electrons. The molecule has 1 unspecified atom stereocenters. The van der Waals surface area contributed by atoms with Crippen LogP contribution in [-0.2, 0) is 16.0 Å². The first-order valence-corrected chi connectivity index (χ1v) is 11.3. The fourth-order valence-corrected chi connectivity index (χ4v) is 4.05. The fourth-order valence-electron chi connectivity index (χ4n) is 4.05. The van der Waals surface area contributed by atoms with Gasteiger partial charge >= 0.3 is 6.03 Å². The molecular weight excluding hydrogens is 448 g/mol. The van der Waals surface area contributed by atoms with Crippen molar-refractivity contribution in [1.29, 1.82) is 0 Å². The van der Waals surface area contributed by atoms with Crippen LogP contribution < -0.4 is 30.3 Å². The van der Waals surface area contributed by atoms with Crippen LogP contribution in [0.4, 0.5) is 21.9 Å². The van der Waals surface area contributed by atoms with Crippen molar-refractivity contribution in [2.75, 3.05) is 35.3 Å². The highest BCUT2D eigenvalue weighted by Gasteiger charge is 2.30. The van der Waals surface area contributed by atoms with Gasteiger partial charge in [-0.1, -0.05) is 42.5 Å². The largest absolute Gasteiger partial charge is 0.486 e. The minimum Gasteiger partial charge on any atom is -0.486 e. The van der Waals surface area contributed by atoms with Gasteiger partial charge in [0.25, 0.3) is 0 Å². The smallest absolute Gasteiger partial charge is 0.323 e. The van der Waals surface area contributed by atoms with E-state index in [2.05, 4.69) is 16.0 Å². The number of urea groups is 1. The van der Waals surface area contributed by atoms with E-state index in [0.29, 0.717) is 41.8 Å². The molecule has 1 atom stereocenters. The highest BCUT2D eigenvalue weighted by molar-refractivity contribution is 6.10. The van der Waals surface area contributed by atoms with Crippen molar-refractivity contribution in [2.45, 2.75) is 12.5 Å². The van der Waals surface area contributed by atoms with Gasteiger partial charge in [0, 0.05) is 18.2 Å². The third-order valence-corrected chi connectivity index (χ3v) is 5.72. The average molecular weight is 473 g/mol. The molecule has 0 saturated heterocycles. The van der Waals surface area contributed by atoms with Gasteiger partial charge in [-0.2, -0.15) is 0 Å². The number of nitrogens with zero attached hydrogens (tertiary/aromatic N) is 1. The minimum absolute atomic E-state index is 0.148. The van der Waals surface area contributed by atoms with E-state index in [1.165, 1.54) is 4.90 Å². The predicted octanol–water partition coefficient (Wildman–Crippen LogP) is 3.18. The number of fused-ring (bicyclic) bond motifs is 2. The first kappa shape index (κ1) is 22.3. The molecule has 9 heteroatoms. The van der Waals surface area contributed by atoms with E-state index in [1.807, 2.05) is 30.3 Å². The summed E-state index contributed by atoms with van der Waals surface area (Å²) in [5.74, 6) is 0.465. The number of carbonyl (C=O) groups is 3. The van der Waals surface area contributed by atoms with Gasteiger partial charge in [-0.05, 0) is 29.8 Å². The Kier molecular flexibility index (Phi) is 6.21. The van der Waals surface area contributed by atoms with E-state index < -0.39 is 18.0 Å². The van der Waals surface area contributed by atoms with Crippen molar-refractivity contribution in [3.05, 3.63) is 78.4 Å². The summed E-state index contributed by atoms with van der Waals surface area (Å²) < 4.78 is 11.1. The van der Waals surface area contributed by atoms with Gasteiger partial charge in [0.1, 0.15) is 25.8 Å². The molecule has 3 aromatic carbocycles. The van der Waals surface area contributed by atoms with Crippen LogP contribution in [0.15, 0.2) is 72.8 Å². The number of nitrogens with one attached hydrogen (secondary N) is 3. The quantitative estimate of drug-likeness (QED) is 0.529. The summed E-state index contributed by atoms with van der Waals surface area (Å²) >= 11 is 0. The Morgan fingerprint density at radius 2 is 1.69 bits per heavy atom. The number of hydrogen-bond donors (Lipinski definition) is 3. The van der Waals surface area contributed by atoms with Crippen molar-refractivity contribution in [2.24, 2.45) is 0 Å².